The van der Waals surface area contributed by atoms with Crippen LogP contribution in [0.4, 0.5) is 0 Å². The van der Waals surface area contributed by atoms with E-state index in [0.29, 0.717) is 15.1 Å². The molecule has 0 bridgehead atoms. The van der Waals surface area contributed by atoms with Crippen LogP contribution in [0.15, 0.2) is 18.7 Å². The van der Waals surface area contributed by atoms with Gasteiger partial charge in [0.15, 0.2) is 0 Å². The molecule has 0 spiro atoms. The molecule has 5 heteroatoms. The Kier molecular flexibility index (Phi) is 3.21. The summed E-state index contributed by atoms with van der Waals surface area (Å²) in [6.07, 6.45) is 0. The molecule has 56 valence electrons. The zero-order valence-corrected chi connectivity index (χ0v) is 9.65. The third-order valence-corrected chi connectivity index (χ3v) is 4.84. The number of hydrogen-bond acceptors (Lipinski definition) is 0. The Morgan fingerprint density at radius 3 is 1.70 bits per heavy atom. The van der Waals surface area contributed by atoms with Gasteiger partial charge in [-0.1, -0.05) is 34.8 Å². The minimum absolute atomic E-state index is 0.345. The van der Waals surface area contributed by atoms with E-state index in [1.807, 2.05) is 22.6 Å². The topological polar surface area (TPSA) is 0 Å². The molecule has 0 heterocycles. The van der Waals surface area contributed by atoms with E-state index in [1.165, 1.54) is 0 Å². The van der Waals surface area contributed by atoms with E-state index in [4.69, 9.17) is 46.4 Å². The Morgan fingerprint density at radius 1 is 1.10 bits per heavy atom. The van der Waals surface area contributed by atoms with Gasteiger partial charge in [-0.05, 0) is 22.6 Å². The maximum absolute atomic E-state index is 5.78. The van der Waals surface area contributed by atoms with E-state index in [0.717, 1.165) is 3.58 Å². The van der Waals surface area contributed by atoms with Crippen molar-refractivity contribution in [3.8, 4) is 0 Å². The van der Waals surface area contributed by atoms with E-state index >= 15 is 0 Å². The molecule has 0 aromatic carbocycles. The quantitative estimate of drug-likeness (QED) is 0.462. The van der Waals surface area contributed by atoms with Crippen molar-refractivity contribution in [3.63, 3.8) is 0 Å². The third kappa shape index (κ3) is 1.44. The molecule has 0 saturated heterocycles. The number of halogens is 5. The lowest BCUT2D eigenvalue weighted by molar-refractivity contribution is 1.39. The molecule has 0 amide bonds. The van der Waals surface area contributed by atoms with Crippen molar-refractivity contribution in [2.75, 3.05) is 0 Å². The van der Waals surface area contributed by atoms with Gasteiger partial charge in [0.25, 0.3) is 0 Å². The zero-order valence-electron chi connectivity index (χ0n) is 4.47. The van der Waals surface area contributed by atoms with Crippen LogP contribution in [0.25, 0.3) is 0 Å². The molecular formula is C5HCl4I. The van der Waals surface area contributed by atoms with Crippen LogP contribution >= 0.6 is 69.0 Å². The lowest BCUT2D eigenvalue weighted by atomic mass is 10.5. The van der Waals surface area contributed by atoms with Crippen LogP contribution in [-0.2, 0) is 0 Å². The monoisotopic (exact) mass is 328 g/mol. The maximum Gasteiger partial charge on any atom is 0.103 e. The van der Waals surface area contributed by atoms with Gasteiger partial charge in [-0.3, -0.25) is 0 Å². The summed E-state index contributed by atoms with van der Waals surface area (Å²) < 4.78 is 0.788. The molecule has 0 fully saturated rings. The molecule has 0 nitrogen and oxygen atoms in total. The fourth-order valence-electron chi connectivity index (χ4n) is 0.543. The summed E-state index contributed by atoms with van der Waals surface area (Å²) in [5.74, 6) is 0. The minimum atomic E-state index is -0.345. The van der Waals surface area contributed by atoms with Crippen molar-refractivity contribution in [1.29, 1.82) is 0 Å². The first-order valence-electron chi connectivity index (χ1n) is 2.30. The summed E-state index contributed by atoms with van der Waals surface area (Å²) in [5, 5.41) is 0.903. The number of hydrogen-bond donors (Lipinski definition) is 0. The average Bonchev–Trinajstić information content (AvgIpc) is 2.07. The predicted octanol–water partition coefficient (Wildman–Crippen LogP) is 4.18. The summed E-state index contributed by atoms with van der Waals surface area (Å²) in [6.45, 7) is 0. The van der Waals surface area contributed by atoms with Crippen LogP contribution in [0, 0.1) is 0 Å². The molecule has 1 rings (SSSR count). The molecule has 0 N–H and O–H groups in total. The highest BCUT2D eigenvalue weighted by molar-refractivity contribution is 14.1. The molecular weight excluding hydrogens is 329 g/mol. The van der Waals surface area contributed by atoms with Gasteiger partial charge in [0.1, 0.15) is 5.38 Å². The Bertz CT molecular complexity index is 206. The standard InChI is InChI=1S/C5HCl4I/c6-1-2(7)4(9)5(10)3(1)8/h3H. The first kappa shape index (κ1) is 9.46. The van der Waals surface area contributed by atoms with E-state index in [2.05, 4.69) is 0 Å². The molecule has 0 saturated carbocycles. The highest BCUT2D eigenvalue weighted by Crippen LogP contribution is 2.44. The van der Waals surface area contributed by atoms with E-state index in [-0.39, 0.29) is 5.38 Å². The van der Waals surface area contributed by atoms with Crippen LogP contribution in [0.2, 0.25) is 0 Å². The lowest BCUT2D eigenvalue weighted by Gasteiger charge is -1.97. The minimum Gasteiger partial charge on any atom is -0.111 e. The molecule has 0 aromatic rings. The van der Waals surface area contributed by atoms with Gasteiger partial charge in [-0.15, -0.1) is 11.6 Å². The second-order valence-corrected chi connectivity index (χ2v) is 4.45. The molecule has 0 aromatic heterocycles. The van der Waals surface area contributed by atoms with Crippen LogP contribution < -0.4 is 0 Å². The maximum atomic E-state index is 5.78. The molecule has 1 unspecified atom stereocenters. The van der Waals surface area contributed by atoms with Gasteiger partial charge in [0.2, 0.25) is 0 Å². The fourth-order valence-corrected chi connectivity index (χ4v) is 2.47. The van der Waals surface area contributed by atoms with Gasteiger partial charge in [-0.2, -0.15) is 0 Å². The van der Waals surface area contributed by atoms with Crippen molar-refractivity contribution in [2.24, 2.45) is 0 Å². The van der Waals surface area contributed by atoms with Crippen molar-refractivity contribution >= 4 is 69.0 Å². The Morgan fingerprint density at radius 2 is 1.60 bits per heavy atom. The second-order valence-electron chi connectivity index (χ2n) is 1.69. The summed E-state index contributed by atoms with van der Waals surface area (Å²) in [6, 6.07) is 0. The molecule has 0 radical (unpaired) electrons. The highest BCUT2D eigenvalue weighted by Gasteiger charge is 2.27. The van der Waals surface area contributed by atoms with Crippen molar-refractivity contribution in [3.05, 3.63) is 18.7 Å². The lowest BCUT2D eigenvalue weighted by Crippen LogP contribution is -1.91. The zero-order chi connectivity index (χ0) is 7.89. The highest BCUT2D eigenvalue weighted by atomic mass is 127. The Hall–Kier alpha value is 1.37. The largest absolute Gasteiger partial charge is 0.111 e. The van der Waals surface area contributed by atoms with Gasteiger partial charge in [0, 0.05) is 3.58 Å². The van der Waals surface area contributed by atoms with E-state index < -0.39 is 0 Å². The van der Waals surface area contributed by atoms with Crippen LogP contribution in [0.5, 0.6) is 0 Å². The van der Waals surface area contributed by atoms with E-state index in [9.17, 15) is 0 Å². The van der Waals surface area contributed by atoms with Crippen LogP contribution in [0.3, 0.4) is 0 Å². The normalized spacial score (nSPS) is 26.7. The van der Waals surface area contributed by atoms with Crippen molar-refractivity contribution in [2.45, 2.75) is 5.38 Å². The molecule has 1 aliphatic carbocycles. The first-order chi connectivity index (χ1) is 4.55. The van der Waals surface area contributed by atoms with Gasteiger partial charge in [-0.25, -0.2) is 0 Å². The summed E-state index contributed by atoms with van der Waals surface area (Å²) in [7, 11) is 0. The molecule has 0 aliphatic heterocycles. The van der Waals surface area contributed by atoms with Gasteiger partial charge in [0.05, 0.1) is 15.1 Å². The Balaban J connectivity index is 3.09. The Labute approximate surface area is 92.3 Å². The predicted molar refractivity (Wildman–Crippen MR) is 55.3 cm³/mol. The summed E-state index contributed by atoms with van der Waals surface area (Å²) >= 11 is 24.9. The third-order valence-electron chi connectivity index (χ3n) is 1.06. The number of rotatable bonds is 0. The first-order valence-corrected chi connectivity index (χ1v) is 4.95. The van der Waals surface area contributed by atoms with Gasteiger partial charge < -0.3 is 0 Å². The van der Waals surface area contributed by atoms with Gasteiger partial charge >= 0.3 is 0 Å². The SMILES string of the molecule is ClC1=C(Cl)C(Cl)C(I)=C1Cl. The van der Waals surface area contributed by atoms with E-state index in [1.54, 1.807) is 0 Å². The number of allylic oxidation sites excluding steroid dienone is 4. The van der Waals surface area contributed by atoms with Crippen molar-refractivity contribution in [1.82, 2.24) is 0 Å². The fraction of sp³-hybridized carbons (Fsp3) is 0.200. The summed E-state index contributed by atoms with van der Waals surface area (Å²) in [4.78, 5) is 0. The molecule has 1 aliphatic rings. The summed E-state index contributed by atoms with van der Waals surface area (Å²) in [5.41, 5.74) is 0. The molecule has 1 atom stereocenters. The molecule has 10 heavy (non-hydrogen) atoms. The van der Waals surface area contributed by atoms with Crippen molar-refractivity contribution < 1.29 is 0 Å². The second kappa shape index (κ2) is 3.40. The van der Waals surface area contributed by atoms with Crippen LogP contribution in [0.1, 0.15) is 0 Å². The van der Waals surface area contributed by atoms with Crippen LogP contribution in [-0.4, -0.2) is 5.38 Å². The smallest absolute Gasteiger partial charge is 0.103 e. The number of alkyl halides is 1. The average molecular weight is 330 g/mol.